The number of nitrogens with zero attached hydrogens (tertiary/aromatic N) is 2. The lowest BCUT2D eigenvalue weighted by Crippen LogP contribution is -2.30. The molecule has 18 heavy (non-hydrogen) atoms. The number of thiazole rings is 1. The van der Waals surface area contributed by atoms with Crippen molar-refractivity contribution in [2.45, 2.75) is 46.6 Å². The van der Waals surface area contributed by atoms with Crippen molar-refractivity contribution >= 4 is 16.3 Å². The monoisotopic (exact) mass is 265 g/mol. The van der Waals surface area contributed by atoms with Gasteiger partial charge in [-0.3, -0.25) is 4.40 Å². The highest BCUT2D eigenvalue weighted by Crippen LogP contribution is 2.29. The largest absolute Gasteiger partial charge is 0.327 e. The quantitative estimate of drug-likeness (QED) is 0.921. The molecule has 0 aliphatic carbocycles. The summed E-state index contributed by atoms with van der Waals surface area (Å²) in [6.45, 7) is 9.11. The van der Waals surface area contributed by atoms with Crippen LogP contribution in [0, 0.1) is 11.3 Å². The molecule has 100 valence electrons. The minimum absolute atomic E-state index is 0.198. The molecule has 2 heterocycles. The zero-order chi connectivity index (χ0) is 13.3. The molecule has 0 aromatic carbocycles. The first-order chi connectivity index (χ1) is 8.36. The molecule has 0 radical (unpaired) electrons. The van der Waals surface area contributed by atoms with E-state index in [1.165, 1.54) is 0 Å². The second-order valence-corrected chi connectivity index (χ2v) is 7.17. The standard InChI is InChI=1S/C14H23N3S/c1-10(14(2,3)4)7-11(15)8-12-9-17-5-6-18-13(17)16-12/h5-6,9-11H,7-8,15H2,1-4H3. The summed E-state index contributed by atoms with van der Waals surface area (Å²) < 4.78 is 2.07. The Morgan fingerprint density at radius 1 is 1.44 bits per heavy atom. The number of hydrogen-bond donors (Lipinski definition) is 1. The average Bonchev–Trinajstić information content (AvgIpc) is 2.75. The normalized spacial score (nSPS) is 16.1. The summed E-state index contributed by atoms with van der Waals surface area (Å²) >= 11 is 1.66. The van der Waals surface area contributed by atoms with Crippen LogP contribution < -0.4 is 5.73 Å². The third-order valence-electron chi connectivity index (χ3n) is 3.75. The van der Waals surface area contributed by atoms with E-state index in [1.807, 2.05) is 11.6 Å². The van der Waals surface area contributed by atoms with Crippen LogP contribution in [0.1, 0.15) is 39.8 Å². The molecule has 3 nitrogen and oxygen atoms in total. The summed E-state index contributed by atoms with van der Waals surface area (Å²) in [6.07, 6.45) is 6.05. The molecule has 0 bridgehead atoms. The molecule has 2 unspecified atom stereocenters. The smallest absolute Gasteiger partial charge is 0.193 e. The lowest BCUT2D eigenvalue weighted by molar-refractivity contribution is 0.232. The lowest BCUT2D eigenvalue weighted by Gasteiger charge is -2.29. The summed E-state index contributed by atoms with van der Waals surface area (Å²) in [7, 11) is 0. The highest BCUT2D eigenvalue weighted by Gasteiger charge is 2.22. The van der Waals surface area contributed by atoms with E-state index in [9.17, 15) is 0 Å². The van der Waals surface area contributed by atoms with E-state index < -0.39 is 0 Å². The molecular formula is C14H23N3S. The number of aromatic nitrogens is 2. The third-order valence-corrected chi connectivity index (χ3v) is 4.52. The Morgan fingerprint density at radius 3 is 2.78 bits per heavy atom. The van der Waals surface area contributed by atoms with Gasteiger partial charge in [0.2, 0.25) is 0 Å². The minimum atomic E-state index is 0.198. The molecule has 0 saturated heterocycles. The fourth-order valence-electron chi connectivity index (χ4n) is 2.03. The maximum atomic E-state index is 6.25. The van der Waals surface area contributed by atoms with E-state index in [2.05, 4.69) is 43.3 Å². The number of rotatable bonds is 4. The molecule has 0 amide bonds. The molecule has 0 spiro atoms. The number of nitrogens with two attached hydrogens (primary N) is 1. The van der Waals surface area contributed by atoms with Gasteiger partial charge in [0, 0.05) is 30.2 Å². The van der Waals surface area contributed by atoms with E-state index in [-0.39, 0.29) is 6.04 Å². The van der Waals surface area contributed by atoms with E-state index in [1.54, 1.807) is 11.3 Å². The van der Waals surface area contributed by atoms with E-state index in [0.717, 1.165) is 23.5 Å². The minimum Gasteiger partial charge on any atom is -0.327 e. The third kappa shape index (κ3) is 3.12. The molecule has 4 heteroatoms. The van der Waals surface area contributed by atoms with Crippen molar-refractivity contribution in [2.75, 3.05) is 0 Å². The van der Waals surface area contributed by atoms with E-state index in [0.29, 0.717) is 11.3 Å². The summed E-state index contributed by atoms with van der Waals surface area (Å²) in [6, 6.07) is 0.198. The Hall–Kier alpha value is -0.870. The van der Waals surface area contributed by atoms with Crippen LogP contribution in [0.3, 0.4) is 0 Å². The molecule has 0 aliphatic rings. The SMILES string of the molecule is CC(CC(N)Cc1cn2ccsc2n1)C(C)(C)C. The van der Waals surface area contributed by atoms with Crippen molar-refractivity contribution in [3.63, 3.8) is 0 Å². The first-order valence-corrected chi connectivity index (χ1v) is 7.41. The van der Waals surface area contributed by atoms with Gasteiger partial charge in [0.1, 0.15) is 0 Å². The van der Waals surface area contributed by atoms with Crippen LogP contribution in [0.2, 0.25) is 0 Å². The molecule has 0 fully saturated rings. The molecule has 2 N–H and O–H groups in total. The molecule has 2 aromatic heterocycles. The molecule has 2 atom stereocenters. The fraction of sp³-hybridized carbons (Fsp3) is 0.643. The van der Waals surface area contributed by atoms with Crippen LogP contribution in [0.5, 0.6) is 0 Å². The van der Waals surface area contributed by atoms with Gasteiger partial charge in [0.25, 0.3) is 0 Å². The number of imidazole rings is 1. The highest BCUT2D eigenvalue weighted by atomic mass is 32.1. The van der Waals surface area contributed by atoms with Crippen LogP contribution in [0.4, 0.5) is 0 Å². The van der Waals surface area contributed by atoms with Gasteiger partial charge in [0.05, 0.1) is 5.69 Å². The van der Waals surface area contributed by atoms with Gasteiger partial charge in [-0.15, -0.1) is 11.3 Å². The van der Waals surface area contributed by atoms with Gasteiger partial charge in [-0.2, -0.15) is 0 Å². The van der Waals surface area contributed by atoms with E-state index in [4.69, 9.17) is 5.73 Å². The predicted molar refractivity (Wildman–Crippen MR) is 78.0 cm³/mol. The van der Waals surface area contributed by atoms with Crippen LogP contribution in [-0.2, 0) is 6.42 Å². The van der Waals surface area contributed by atoms with Gasteiger partial charge >= 0.3 is 0 Å². The highest BCUT2D eigenvalue weighted by molar-refractivity contribution is 7.15. The molecular weight excluding hydrogens is 242 g/mol. The summed E-state index contributed by atoms with van der Waals surface area (Å²) in [5.41, 5.74) is 7.68. The van der Waals surface area contributed by atoms with Gasteiger partial charge in [0.15, 0.2) is 4.96 Å². The molecule has 2 rings (SSSR count). The Bertz CT molecular complexity index is 478. The molecule has 0 aliphatic heterocycles. The van der Waals surface area contributed by atoms with Gasteiger partial charge < -0.3 is 5.73 Å². The zero-order valence-corrected chi connectivity index (χ0v) is 12.5. The second-order valence-electron chi connectivity index (χ2n) is 6.29. The average molecular weight is 265 g/mol. The Morgan fingerprint density at radius 2 is 2.17 bits per heavy atom. The van der Waals surface area contributed by atoms with Crippen LogP contribution in [0.25, 0.3) is 4.96 Å². The molecule has 2 aromatic rings. The number of fused-ring (bicyclic) bond motifs is 1. The van der Waals surface area contributed by atoms with Crippen molar-refractivity contribution in [3.8, 4) is 0 Å². The second kappa shape index (κ2) is 5.02. The predicted octanol–water partition coefficient (Wildman–Crippen LogP) is 3.34. The van der Waals surface area contributed by atoms with Crippen molar-refractivity contribution in [1.82, 2.24) is 9.38 Å². The Balaban J connectivity index is 1.95. The maximum absolute atomic E-state index is 6.25. The van der Waals surface area contributed by atoms with Gasteiger partial charge in [-0.1, -0.05) is 27.7 Å². The van der Waals surface area contributed by atoms with Crippen LogP contribution in [0.15, 0.2) is 17.8 Å². The fourth-order valence-corrected chi connectivity index (χ4v) is 2.75. The van der Waals surface area contributed by atoms with Crippen molar-refractivity contribution in [3.05, 3.63) is 23.5 Å². The van der Waals surface area contributed by atoms with Crippen LogP contribution >= 0.6 is 11.3 Å². The van der Waals surface area contributed by atoms with E-state index >= 15 is 0 Å². The summed E-state index contributed by atoms with van der Waals surface area (Å²) in [5.74, 6) is 0.622. The first kappa shape index (κ1) is 13.6. The first-order valence-electron chi connectivity index (χ1n) is 6.53. The van der Waals surface area contributed by atoms with Crippen LogP contribution in [-0.4, -0.2) is 15.4 Å². The van der Waals surface area contributed by atoms with Gasteiger partial charge in [-0.25, -0.2) is 4.98 Å². The summed E-state index contributed by atoms with van der Waals surface area (Å²) in [4.78, 5) is 5.64. The van der Waals surface area contributed by atoms with Crippen molar-refractivity contribution in [1.29, 1.82) is 0 Å². The summed E-state index contributed by atoms with van der Waals surface area (Å²) in [5, 5.41) is 2.05. The Kier molecular flexibility index (Phi) is 3.78. The zero-order valence-electron chi connectivity index (χ0n) is 11.7. The topological polar surface area (TPSA) is 43.3 Å². The number of hydrogen-bond acceptors (Lipinski definition) is 3. The maximum Gasteiger partial charge on any atom is 0.193 e. The Labute approximate surface area is 113 Å². The van der Waals surface area contributed by atoms with Gasteiger partial charge in [-0.05, 0) is 17.8 Å². The lowest BCUT2D eigenvalue weighted by atomic mass is 9.78. The van der Waals surface area contributed by atoms with Crippen molar-refractivity contribution < 1.29 is 0 Å². The molecule has 0 saturated carbocycles. The van der Waals surface area contributed by atoms with Crippen molar-refractivity contribution in [2.24, 2.45) is 17.1 Å².